The van der Waals surface area contributed by atoms with Crippen molar-refractivity contribution in [3.63, 3.8) is 0 Å². The summed E-state index contributed by atoms with van der Waals surface area (Å²) in [7, 11) is 0. The van der Waals surface area contributed by atoms with E-state index in [1.807, 2.05) is 43.3 Å². The van der Waals surface area contributed by atoms with Crippen molar-refractivity contribution in [2.45, 2.75) is 18.2 Å². The molecule has 2 aromatic carbocycles. The number of hydrogen-bond acceptors (Lipinski definition) is 5. The largest absolute Gasteiger partial charge is 0.492 e. The number of hydrogen-bond donors (Lipinski definition) is 1. The van der Waals surface area contributed by atoms with E-state index in [0.29, 0.717) is 23.8 Å². The van der Waals surface area contributed by atoms with E-state index >= 15 is 0 Å². The molecule has 1 N–H and O–H groups in total. The van der Waals surface area contributed by atoms with Crippen LogP contribution in [-0.4, -0.2) is 30.8 Å². The Hall–Kier alpha value is -2.47. The Morgan fingerprint density at radius 1 is 1.04 bits per heavy atom. The van der Waals surface area contributed by atoms with Crippen molar-refractivity contribution >= 4 is 29.3 Å². The SMILES string of the molecule is CCOc1ccccc1NC(=O)COC(=O)CCSc1ccccc1. The zero-order chi connectivity index (χ0) is 17.9. The minimum absolute atomic E-state index is 0.252. The summed E-state index contributed by atoms with van der Waals surface area (Å²) in [5.41, 5.74) is 0.560. The highest BCUT2D eigenvalue weighted by atomic mass is 32.2. The van der Waals surface area contributed by atoms with Crippen molar-refractivity contribution in [2.24, 2.45) is 0 Å². The quantitative estimate of drug-likeness (QED) is 0.546. The number of para-hydroxylation sites is 2. The van der Waals surface area contributed by atoms with Crippen LogP contribution in [0.25, 0.3) is 0 Å². The Balaban J connectivity index is 1.70. The van der Waals surface area contributed by atoms with Crippen molar-refractivity contribution in [1.82, 2.24) is 0 Å². The molecule has 0 saturated heterocycles. The maximum absolute atomic E-state index is 11.9. The summed E-state index contributed by atoms with van der Waals surface area (Å²) in [5.74, 6) is 0.411. The van der Waals surface area contributed by atoms with Crippen LogP contribution in [0.15, 0.2) is 59.5 Å². The lowest BCUT2D eigenvalue weighted by Crippen LogP contribution is -2.21. The average molecular weight is 359 g/mol. The predicted molar refractivity (Wildman–Crippen MR) is 99.0 cm³/mol. The molecule has 2 aromatic rings. The van der Waals surface area contributed by atoms with Gasteiger partial charge >= 0.3 is 5.97 Å². The molecule has 0 saturated carbocycles. The molecule has 0 bridgehead atoms. The van der Waals surface area contributed by atoms with Gasteiger partial charge in [0.05, 0.1) is 18.7 Å². The first-order valence-electron chi connectivity index (χ1n) is 8.04. The van der Waals surface area contributed by atoms with E-state index in [2.05, 4.69) is 5.32 Å². The van der Waals surface area contributed by atoms with Crippen LogP contribution in [0.3, 0.4) is 0 Å². The van der Waals surface area contributed by atoms with E-state index < -0.39 is 11.9 Å². The molecular formula is C19H21NO4S. The second-order valence-corrected chi connectivity index (χ2v) is 6.22. The van der Waals surface area contributed by atoms with Crippen LogP contribution in [0.5, 0.6) is 5.75 Å². The lowest BCUT2D eigenvalue weighted by molar-refractivity contribution is -0.146. The fraction of sp³-hybridized carbons (Fsp3) is 0.263. The number of thioether (sulfide) groups is 1. The van der Waals surface area contributed by atoms with E-state index in [0.717, 1.165) is 4.90 Å². The van der Waals surface area contributed by atoms with Crippen LogP contribution in [-0.2, 0) is 14.3 Å². The Morgan fingerprint density at radius 3 is 2.52 bits per heavy atom. The molecule has 2 rings (SSSR count). The zero-order valence-corrected chi connectivity index (χ0v) is 14.9. The maximum Gasteiger partial charge on any atom is 0.307 e. The number of rotatable bonds is 9. The molecular weight excluding hydrogens is 338 g/mol. The second-order valence-electron chi connectivity index (χ2n) is 5.05. The van der Waals surface area contributed by atoms with Crippen LogP contribution in [0.1, 0.15) is 13.3 Å². The van der Waals surface area contributed by atoms with Gasteiger partial charge in [-0.15, -0.1) is 11.8 Å². The molecule has 0 atom stereocenters. The van der Waals surface area contributed by atoms with Gasteiger partial charge in [-0.25, -0.2) is 0 Å². The number of amides is 1. The number of ether oxygens (including phenoxy) is 2. The lowest BCUT2D eigenvalue weighted by Gasteiger charge is -2.11. The van der Waals surface area contributed by atoms with Gasteiger partial charge in [-0.05, 0) is 31.2 Å². The molecule has 0 aromatic heterocycles. The topological polar surface area (TPSA) is 64.6 Å². The first-order chi connectivity index (χ1) is 12.2. The van der Waals surface area contributed by atoms with Gasteiger partial charge < -0.3 is 14.8 Å². The van der Waals surface area contributed by atoms with Crippen molar-refractivity contribution in [2.75, 3.05) is 24.3 Å². The number of benzene rings is 2. The fourth-order valence-corrected chi connectivity index (χ4v) is 2.88. The second kappa shape index (κ2) is 10.4. The minimum atomic E-state index is -0.392. The van der Waals surface area contributed by atoms with Gasteiger partial charge in [0.25, 0.3) is 5.91 Å². The first-order valence-corrected chi connectivity index (χ1v) is 9.02. The Morgan fingerprint density at radius 2 is 1.76 bits per heavy atom. The molecule has 6 heteroatoms. The number of esters is 1. The molecule has 5 nitrogen and oxygen atoms in total. The number of anilines is 1. The van der Waals surface area contributed by atoms with E-state index in [-0.39, 0.29) is 13.0 Å². The predicted octanol–water partition coefficient (Wildman–Crippen LogP) is 3.75. The highest BCUT2D eigenvalue weighted by molar-refractivity contribution is 7.99. The normalized spacial score (nSPS) is 10.1. The number of carbonyl (C=O) groups is 2. The van der Waals surface area contributed by atoms with Crippen LogP contribution in [0.2, 0.25) is 0 Å². The van der Waals surface area contributed by atoms with Gasteiger partial charge in [0.1, 0.15) is 5.75 Å². The van der Waals surface area contributed by atoms with E-state index in [9.17, 15) is 9.59 Å². The van der Waals surface area contributed by atoms with Gasteiger partial charge in [0.2, 0.25) is 0 Å². The third-order valence-electron chi connectivity index (χ3n) is 3.14. The van der Waals surface area contributed by atoms with Gasteiger partial charge in [-0.1, -0.05) is 30.3 Å². The smallest absolute Gasteiger partial charge is 0.307 e. The molecule has 0 spiro atoms. The fourth-order valence-electron chi connectivity index (χ4n) is 2.02. The summed E-state index contributed by atoms with van der Waals surface area (Å²) in [6.07, 6.45) is 0.252. The molecule has 1 amide bonds. The summed E-state index contributed by atoms with van der Waals surface area (Å²) in [4.78, 5) is 24.7. The molecule has 0 aliphatic rings. The molecule has 0 unspecified atom stereocenters. The van der Waals surface area contributed by atoms with Gasteiger partial charge in [-0.2, -0.15) is 0 Å². The van der Waals surface area contributed by atoms with Crippen molar-refractivity contribution in [3.05, 3.63) is 54.6 Å². The third kappa shape index (κ3) is 6.89. The molecule has 0 radical (unpaired) electrons. The molecule has 0 fully saturated rings. The number of carbonyl (C=O) groups excluding carboxylic acids is 2. The Bertz CT molecular complexity index is 691. The average Bonchev–Trinajstić information content (AvgIpc) is 2.63. The summed E-state index contributed by atoms with van der Waals surface area (Å²) in [6.45, 7) is 2.06. The monoisotopic (exact) mass is 359 g/mol. The first kappa shape index (κ1) is 18.9. The molecule has 0 aliphatic heterocycles. The molecule has 25 heavy (non-hydrogen) atoms. The highest BCUT2D eigenvalue weighted by Gasteiger charge is 2.10. The van der Waals surface area contributed by atoms with E-state index in [1.165, 1.54) is 0 Å². The number of nitrogens with one attached hydrogen (secondary N) is 1. The summed E-state index contributed by atoms with van der Waals surface area (Å²) < 4.78 is 10.4. The lowest BCUT2D eigenvalue weighted by atomic mass is 10.3. The maximum atomic E-state index is 11.9. The van der Waals surface area contributed by atoms with Gasteiger partial charge in [-0.3, -0.25) is 9.59 Å². The van der Waals surface area contributed by atoms with Crippen LogP contribution < -0.4 is 10.1 Å². The van der Waals surface area contributed by atoms with Crippen LogP contribution in [0.4, 0.5) is 5.69 Å². The van der Waals surface area contributed by atoms with Gasteiger partial charge in [0.15, 0.2) is 6.61 Å². The van der Waals surface area contributed by atoms with E-state index in [1.54, 1.807) is 30.0 Å². The Labute approximate surface area is 151 Å². The highest BCUT2D eigenvalue weighted by Crippen LogP contribution is 2.23. The minimum Gasteiger partial charge on any atom is -0.492 e. The molecule has 132 valence electrons. The summed E-state index contributed by atoms with van der Waals surface area (Å²) >= 11 is 1.58. The van der Waals surface area contributed by atoms with Crippen molar-refractivity contribution < 1.29 is 19.1 Å². The van der Waals surface area contributed by atoms with Crippen molar-refractivity contribution in [3.8, 4) is 5.75 Å². The molecule has 0 aliphatic carbocycles. The van der Waals surface area contributed by atoms with Crippen LogP contribution >= 0.6 is 11.8 Å². The third-order valence-corrected chi connectivity index (χ3v) is 4.16. The summed E-state index contributed by atoms with van der Waals surface area (Å²) in [6, 6.07) is 16.9. The van der Waals surface area contributed by atoms with Crippen molar-refractivity contribution in [1.29, 1.82) is 0 Å². The zero-order valence-electron chi connectivity index (χ0n) is 14.1. The van der Waals surface area contributed by atoms with E-state index in [4.69, 9.17) is 9.47 Å². The standard InChI is InChI=1S/C19H21NO4S/c1-2-23-17-11-7-6-10-16(17)20-18(21)14-24-19(22)12-13-25-15-8-4-3-5-9-15/h3-11H,2,12-14H2,1H3,(H,20,21). The summed E-state index contributed by atoms with van der Waals surface area (Å²) in [5, 5.41) is 2.69. The van der Waals surface area contributed by atoms with Gasteiger partial charge in [0, 0.05) is 10.6 Å². The van der Waals surface area contributed by atoms with Crippen LogP contribution in [0, 0.1) is 0 Å². The molecule has 0 heterocycles. The Kier molecular flexibility index (Phi) is 7.85.